The number of methoxy groups -OCH3 is 1. The average Bonchev–Trinajstić information content (AvgIpc) is 3.27. The summed E-state index contributed by atoms with van der Waals surface area (Å²) in [6.07, 6.45) is 0.952. The molecule has 1 aromatic rings. The summed E-state index contributed by atoms with van der Waals surface area (Å²) in [5, 5.41) is 14.9. The van der Waals surface area contributed by atoms with E-state index in [0.29, 0.717) is 11.3 Å². The van der Waals surface area contributed by atoms with E-state index in [4.69, 9.17) is 15.7 Å². The van der Waals surface area contributed by atoms with E-state index >= 15 is 0 Å². The van der Waals surface area contributed by atoms with Crippen molar-refractivity contribution in [1.29, 1.82) is 10.9 Å². The second-order valence-electron chi connectivity index (χ2n) is 7.61. The third-order valence-electron chi connectivity index (χ3n) is 5.44. The van der Waals surface area contributed by atoms with Crippen LogP contribution in [0.2, 0.25) is 0 Å². The lowest BCUT2D eigenvalue weighted by Gasteiger charge is -2.26. The Labute approximate surface area is 195 Å². The zero-order chi connectivity index (χ0) is 24.2. The van der Waals surface area contributed by atoms with Crippen molar-refractivity contribution < 1.29 is 23.9 Å². The number of hydrogen-bond donors (Lipinski definition) is 5. The Morgan fingerprint density at radius 2 is 2.18 bits per heavy atom. The molecule has 4 N–H and O–H groups in total. The number of urea groups is 1. The molecule has 0 aliphatic carbocycles. The molecule has 11 nitrogen and oxygen atoms in total. The maximum atomic E-state index is 12.9. The quantitative estimate of drug-likeness (QED) is 0.125. The molecule has 1 saturated heterocycles. The minimum atomic E-state index is -1.69. The molecule has 3 unspecified atom stereocenters. The number of nitrogens with zero attached hydrogens (tertiary/aromatic N) is 2. The van der Waals surface area contributed by atoms with E-state index in [-0.39, 0.29) is 31.2 Å². The second-order valence-corrected chi connectivity index (χ2v) is 7.97. The number of carbonyl (C=O) groups excluding carboxylic acids is 4. The average molecular weight is 471 g/mol. The first-order valence-corrected chi connectivity index (χ1v) is 10.6. The molecule has 33 heavy (non-hydrogen) atoms. The highest BCUT2D eigenvalue weighted by Crippen LogP contribution is 2.28. The molecular formula is C21H22N6O5S. The number of rotatable bonds is 8. The van der Waals surface area contributed by atoms with Crippen molar-refractivity contribution in [2.45, 2.75) is 18.5 Å². The summed E-state index contributed by atoms with van der Waals surface area (Å²) in [4.78, 5) is 50.7. The fraction of sp³-hybridized carbons (Fsp3) is 0.381. The molecule has 1 aromatic carbocycles. The maximum absolute atomic E-state index is 12.9. The SMILES string of the molecule is COc1ccc2c(c1)C(=O)N(CC1(C#CC(CS)CC(C=N)C(=O)N=N)NC(=O)NC1=O)C2. The van der Waals surface area contributed by atoms with Crippen LogP contribution in [-0.2, 0) is 16.1 Å². The van der Waals surface area contributed by atoms with Crippen LogP contribution < -0.4 is 15.4 Å². The molecule has 2 aliphatic heterocycles. The Balaban J connectivity index is 1.86. The van der Waals surface area contributed by atoms with E-state index in [0.717, 1.165) is 11.8 Å². The van der Waals surface area contributed by atoms with E-state index in [1.807, 2.05) is 0 Å². The molecular weight excluding hydrogens is 448 g/mol. The molecule has 2 aliphatic rings. The maximum Gasteiger partial charge on any atom is 0.323 e. The first kappa shape index (κ1) is 23.9. The smallest absolute Gasteiger partial charge is 0.323 e. The van der Waals surface area contributed by atoms with Gasteiger partial charge < -0.3 is 20.4 Å². The van der Waals surface area contributed by atoms with E-state index in [1.54, 1.807) is 18.2 Å². The van der Waals surface area contributed by atoms with Crippen molar-refractivity contribution in [2.24, 2.45) is 17.0 Å². The topological polar surface area (TPSA) is 165 Å². The Hall–Kier alpha value is -3.72. The summed E-state index contributed by atoms with van der Waals surface area (Å²) >= 11 is 4.22. The van der Waals surface area contributed by atoms with Crippen LogP contribution in [0.1, 0.15) is 22.3 Å². The van der Waals surface area contributed by atoms with Crippen molar-refractivity contribution in [2.75, 3.05) is 19.4 Å². The van der Waals surface area contributed by atoms with Gasteiger partial charge in [0.2, 0.25) is 0 Å². The number of hydrogen-bond acceptors (Lipinski definition) is 8. The lowest BCUT2D eigenvalue weighted by Crippen LogP contribution is -2.54. The number of amides is 5. The molecule has 0 aromatic heterocycles. The second kappa shape index (κ2) is 9.83. The van der Waals surface area contributed by atoms with E-state index in [1.165, 1.54) is 12.0 Å². The first-order chi connectivity index (χ1) is 15.8. The first-order valence-electron chi connectivity index (χ1n) is 9.92. The molecule has 3 atom stereocenters. The van der Waals surface area contributed by atoms with Gasteiger partial charge in [0, 0.05) is 30.0 Å². The lowest BCUT2D eigenvalue weighted by atomic mass is 9.93. The van der Waals surface area contributed by atoms with Gasteiger partial charge in [0.05, 0.1) is 19.6 Å². The molecule has 172 valence electrons. The highest BCUT2D eigenvalue weighted by Gasteiger charge is 2.48. The Morgan fingerprint density at radius 1 is 1.42 bits per heavy atom. The Bertz CT molecular complexity index is 1100. The van der Waals surface area contributed by atoms with Crippen molar-refractivity contribution >= 4 is 42.6 Å². The molecule has 0 spiro atoms. The van der Waals surface area contributed by atoms with Gasteiger partial charge in [-0.1, -0.05) is 17.9 Å². The predicted octanol–water partition coefficient (Wildman–Crippen LogP) is 0.992. The highest BCUT2D eigenvalue weighted by molar-refractivity contribution is 7.80. The highest BCUT2D eigenvalue weighted by atomic mass is 32.1. The van der Waals surface area contributed by atoms with Crippen molar-refractivity contribution in [1.82, 2.24) is 15.5 Å². The number of fused-ring (bicyclic) bond motifs is 1. The van der Waals surface area contributed by atoms with Gasteiger partial charge in [-0.25, -0.2) is 10.3 Å². The third kappa shape index (κ3) is 4.88. The summed E-state index contributed by atoms with van der Waals surface area (Å²) in [7, 11) is 1.49. The van der Waals surface area contributed by atoms with E-state index in [9.17, 15) is 19.2 Å². The van der Waals surface area contributed by atoms with Gasteiger partial charge in [-0.05, 0) is 24.1 Å². The van der Waals surface area contributed by atoms with Crippen LogP contribution in [0.3, 0.4) is 0 Å². The molecule has 2 heterocycles. The lowest BCUT2D eigenvalue weighted by molar-refractivity contribution is -0.122. The van der Waals surface area contributed by atoms with Gasteiger partial charge in [0.1, 0.15) is 5.75 Å². The summed E-state index contributed by atoms with van der Waals surface area (Å²) < 4.78 is 5.17. The third-order valence-corrected chi connectivity index (χ3v) is 5.88. The minimum Gasteiger partial charge on any atom is -0.497 e. The van der Waals surface area contributed by atoms with Crippen LogP contribution in [0, 0.1) is 34.6 Å². The number of thiol groups is 1. The zero-order valence-electron chi connectivity index (χ0n) is 17.7. The monoisotopic (exact) mass is 470 g/mol. The molecule has 0 bridgehead atoms. The number of carbonyl (C=O) groups is 4. The summed E-state index contributed by atoms with van der Waals surface area (Å²) in [5.74, 6) is 3.08. The van der Waals surface area contributed by atoms with Crippen LogP contribution >= 0.6 is 12.6 Å². The van der Waals surface area contributed by atoms with Crippen LogP contribution in [0.5, 0.6) is 5.75 Å². The van der Waals surface area contributed by atoms with E-state index < -0.39 is 35.2 Å². The van der Waals surface area contributed by atoms with Crippen LogP contribution in [0.4, 0.5) is 4.79 Å². The standard InChI is InChI=1S/C21H22N6O5S/c1-32-15-3-2-13-9-27(18(29)16(13)7-15)11-21(19(30)24-20(31)25-21)5-4-12(10-33)6-14(8-22)17(28)26-23/h2-3,7-8,12,14,22-23,33H,6,9-11H2,1H3,(H2,24,25,30,31). The fourth-order valence-electron chi connectivity index (χ4n) is 3.65. The van der Waals surface area contributed by atoms with E-state index in [2.05, 4.69) is 40.2 Å². The van der Waals surface area contributed by atoms with Crippen molar-refractivity contribution in [3.63, 3.8) is 0 Å². The summed E-state index contributed by atoms with van der Waals surface area (Å²) in [6, 6.07) is 4.38. The summed E-state index contributed by atoms with van der Waals surface area (Å²) in [5.41, 5.74) is 6.37. The van der Waals surface area contributed by atoms with Gasteiger partial charge in [-0.3, -0.25) is 19.7 Å². The summed E-state index contributed by atoms with van der Waals surface area (Å²) in [6.45, 7) is 0.0395. The molecule has 1 fully saturated rings. The van der Waals surface area contributed by atoms with Crippen LogP contribution in [0.15, 0.2) is 23.3 Å². The molecule has 0 saturated carbocycles. The number of benzene rings is 1. The van der Waals surface area contributed by atoms with Gasteiger partial charge >= 0.3 is 6.03 Å². The van der Waals surface area contributed by atoms with Crippen molar-refractivity contribution in [3.05, 3.63) is 29.3 Å². The Morgan fingerprint density at radius 3 is 2.76 bits per heavy atom. The Kier molecular flexibility index (Phi) is 7.13. The number of ether oxygens (including phenoxy) is 1. The fourth-order valence-corrected chi connectivity index (χ4v) is 3.89. The largest absolute Gasteiger partial charge is 0.497 e. The normalized spacial score (nSPS) is 20.7. The van der Waals surface area contributed by atoms with Gasteiger partial charge in [-0.15, -0.1) is 5.11 Å². The van der Waals surface area contributed by atoms with Gasteiger partial charge in [0.25, 0.3) is 17.7 Å². The molecule has 3 rings (SSSR count). The number of nitrogens with one attached hydrogen (secondary N) is 4. The minimum absolute atomic E-state index is 0.0702. The number of imide groups is 1. The molecule has 5 amide bonds. The van der Waals surface area contributed by atoms with Gasteiger partial charge in [0.15, 0.2) is 5.54 Å². The van der Waals surface area contributed by atoms with Gasteiger partial charge in [-0.2, -0.15) is 12.6 Å². The van der Waals surface area contributed by atoms with Crippen LogP contribution in [-0.4, -0.2) is 59.8 Å². The zero-order valence-corrected chi connectivity index (χ0v) is 18.6. The molecule has 0 radical (unpaired) electrons. The van der Waals surface area contributed by atoms with Crippen LogP contribution in [0.25, 0.3) is 0 Å². The molecule has 12 heteroatoms. The predicted molar refractivity (Wildman–Crippen MR) is 119 cm³/mol. The van der Waals surface area contributed by atoms with Crippen molar-refractivity contribution in [3.8, 4) is 17.6 Å².